The molecule has 10 nitrogen and oxygen atoms in total. The Hall–Kier alpha value is -3.41. The van der Waals surface area contributed by atoms with Gasteiger partial charge in [0.15, 0.2) is 5.65 Å². The number of nitrogens with one attached hydrogen (secondary N) is 1. The van der Waals surface area contributed by atoms with Crippen molar-refractivity contribution in [1.82, 2.24) is 19.5 Å². The lowest BCUT2D eigenvalue weighted by Crippen LogP contribution is -2.39. The van der Waals surface area contributed by atoms with E-state index in [-0.39, 0.29) is 34.5 Å². The van der Waals surface area contributed by atoms with E-state index >= 15 is 0 Å². The van der Waals surface area contributed by atoms with Gasteiger partial charge >= 0.3 is 0 Å². The molecule has 3 aliphatic rings. The van der Waals surface area contributed by atoms with Crippen LogP contribution in [0.5, 0.6) is 0 Å². The van der Waals surface area contributed by atoms with Gasteiger partial charge in [-0.05, 0) is 63.1 Å². The third-order valence-corrected chi connectivity index (χ3v) is 9.40. The van der Waals surface area contributed by atoms with Gasteiger partial charge in [0.1, 0.15) is 17.5 Å². The first-order valence-electron chi connectivity index (χ1n) is 13.7. The summed E-state index contributed by atoms with van der Waals surface area (Å²) in [6.45, 7) is 4.42. The zero-order valence-electron chi connectivity index (χ0n) is 22.4. The maximum atomic E-state index is 14.6. The van der Waals surface area contributed by atoms with Crippen molar-refractivity contribution < 1.29 is 17.6 Å². The van der Waals surface area contributed by atoms with Gasteiger partial charge in [-0.15, -0.1) is 0 Å². The molecule has 0 spiro atoms. The van der Waals surface area contributed by atoms with Crippen LogP contribution >= 0.6 is 0 Å². The fourth-order valence-electron chi connectivity index (χ4n) is 5.91. The zero-order chi connectivity index (χ0) is 27.3. The monoisotopic (exact) mass is 555 g/mol. The lowest BCUT2D eigenvalue weighted by atomic mass is 9.97. The van der Waals surface area contributed by atoms with E-state index in [9.17, 15) is 17.6 Å². The molecular formula is C27H34FN7O3S. The molecule has 3 aromatic rings. The van der Waals surface area contributed by atoms with E-state index in [0.717, 1.165) is 68.6 Å². The summed E-state index contributed by atoms with van der Waals surface area (Å²) < 4.78 is 45.0. The van der Waals surface area contributed by atoms with Crippen LogP contribution in [0.25, 0.3) is 5.65 Å². The van der Waals surface area contributed by atoms with E-state index in [1.54, 1.807) is 11.8 Å². The minimum Gasteiger partial charge on any atom is -0.359 e. The number of hydrogen-bond donors (Lipinski definition) is 1. The molecule has 2 fully saturated rings. The van der Waals surface area contributed by atoms with Crippen molar-refractivity contribution in [2.75, 3.05) is 53.5 Å². The van der Waals surface area contributed by atoms with Crippen molar-refractivity contribution in [3.05, 3.63) is 46.9 Å². The first kappa shape index (κ1) is 25.8. The first-order chi connectivity index (χ1) is 18.7. The lowest BCUT2D eigenvalue weighted by Gasteiger charge is -2.35. The smallest absolute Gasteiger partial charge is 0.256 e. The summed E-state index contributed by atoms with van der Waals surface area (Å²) in [4.78, 5) is 25.0. The number of carbonyl (C=O) groups excluding carboxylic acids is 1. The highest BCUT2D eigenvalue weighted by atomic mass is 32.2. The van der Waals surface area contributed by atoms with Gasteiger partial charge in [0, 0.05) is 45.4 Å². The molecule has 2 saturated heterocycles. The SMILES string of the molecule is Cc1cc2c(cc1F)NS(=O)(=O)CCCN(C)c1cc(N3CCCC3)nc3cc(nn13)C1CCCCN1C2=O. The van der Waals surface area contributed by atoms with Crippen LogP contribution in [-0.4, -0.2) is 72.8 Å². The molecule has 1 unspecified atom stereocenters. The molecule has 1 aromatic carbocycles. The molecule has 6 rings (SSSR count). The van der Waals surface area contributed by atoms with Gasteiger partial charge in [-0.25, -0.2) is 17.8 Å². The topological polar surface area (TPSA) is 103 Å². The number of amides is 1. The maximum Gasteiger partial charge on any atom is 0.256 e. The Morgan fingerprint density at radius 3 is 2.56 bits per heavy atom. The molecule has 12 heteroatoms. The van der Waals surface area contributed by atoms with E-state index in [1.807, 2.05) is 28.6 Å². The lowest BCUT2D eigenvalue weighted by molar-refractivity contribution is 0.0606. The molecule has 2 aromatic heterocycles. The number of halogens is 1. The predicted molar refractivity (Wildman–Crippen MR) is 148 cm³/mol. The first-order valence-corrected chi connectivity index (χ1v) is 15.3. The molecule has 2 bridgehead atoms. The van der Waals surface area contributed by atoms with Crippen molar-refractivity contribution in [1.29, 1.82) is 0 Å². The van der Waals surface area contributed by atoms with E-state index in [4.69, 9.17) is 10.1 Å². The van der Waals surface area contributed by atoms with Gasteiger partial charge < -0.3 is 14.7 Å². The van der Waals surface area contributed by atoms with Crippen LogP contribution in [0, 0.1) is 12.7 Å². The van der Waals surface area contributed by atoms with Crippen LogP contribution in [0.1, 0.15) is 66.2 Å². The molecular weight excluding hydrogens is 521 g/mol. The quantitative estimate of drug-likeness (QED) is 0.488. The minimum absolute atomic E-state index is 0.0246. The molecule has 208 valence electrons. The third-order valence-electron chi connectivity index (χ3n) is 8.04. The van der Waals surface area contributed by atoms with Crippen LogP contribution in [0.3, 0.4) is 0 Å². The Kier molecular flexibility index (Phi) is 6.60. The Labute approximate surface area is 227 Å². The number of sulfonamides is 1. The fraction of sp³-hybridized carbons (Fsp3) is 0.519. The van der Waals surface area contributed by atoms with Gasteiger partial charge in [-0.1, -0.05) is 0 Å². The molecule has 0 radical (unpaired) electrons. The highest BCUT2D eigenvalue weighted by Crippen LogP contribution is 2.35. The Balaban J connectivity index is 1.51. The van der Waals surface area contributed by atoms with Gasteiger partial charge in [-0.2, -0.15) is 9.61 Å². The Bertz CT molecular complexity index is 1530. The van der Waals surface area contributed by atoms with Crippen LogP contribution in [0.2, 0.25) is 0 Å². The van der Waals surface area contributed by atoms with Gasteiger partial charge in [0.2, 0.25) is 10.0 Å². The maximum absolute atomic E-state index is 14.6. The van der Waals surface area contributed by atoms with Crippen LogP contribution < -0.4 is 14.5 Å². The van der Waals surface area contributed by atoms with Gasteiger partial charge in [-0.3, -0.25) is 9.52 Å². The standard InChI is InChI=1S/C27H34FN7O3S/c1-18-14-19-21(15-20(18)28)31-39(37,38)13-7-9-32(2)26-17-24(33-10-5-6-11-33)29-25-16-22(30-35(25)26)23-8-3-4-12-34(23)27(19)36/h14-17,23,31H,3-13H2,1-2H3. The number of fused-ring (bicyclic) bond motifs is 4. The fourth-order valence-corrected chi connectivity index (χ4v) is 7.03. The summed E-state index contributed by atoms with van der Waals surface area (Å²) in [5.41, 5.74) is 1.86. The van der Waals surface area contributed by atoms with Crippen molar-refractivity contribution >= 4 is 38.9 Å². The molecule has 1 amide bonds. The molecule has 0 aliphatic carbocycles. The molecule has 5 heterocycles. The summed E-state index contributed by atoms with van der Waals surface area (Å²) in [5.74, 6) is 0.624. The second-order valence-electron chi connectivity index (χ2n) is 10.9. The van der Waals surface area contributed by atoms with Crippen molar-refractivity contribution in [3.63, 3.8) is 0 Å². The number of aryl methyl sites for hydroxylation is 1. The predicted octanol–water partition coefficient (Wildman–Crippen LogP) is 3.73. The number of carbonyl (C=O) groups is 1. The van der Waals surface area contributed by atoms with Crippen molar-refractivity contribution in [2.45, 2.75) is 51.5 Å². The number of nitrogens with zero attached hydrogens (tertiary/aromatic N) is 6. The normalized spacial score (nSPS) is 21.9. The van der Waals surface area contributed by atoms with E-state index in [0.29, 0.717) is 25.2 Å². The number of anilines is 3. The number of aromatic nitrogens is 3. The summed E-state index contributed by atoms with van der Waals surface area (Å²) in [7, 11) is -1.91. The van der Waals surface area contributed by atoms with Crippen LogP contribution in [-0.2, 0) is 10.0 Å². The molecule has 0 saturated carbocycles. The second kappa shape index (κ2) is 9.96. The zero-order valence-corrected chi connectivity index (χ0v) is 23.2. The van der Waals surface area contributed by atoms with E-state index < -0.39 is 15.8 Å². The largest absolute Gasteiger partial charge is 0.359 e. The van der Waals surface area contributed by atoms with Crippen LogP contribution in [0.15, 0.2) is 24.3 Å². The molecule has 39 heavy (non-hydrogen) atoms. The summed E-state index contributed by atoms with van der Waals surface area (Å²) >= 11 is 0. The average molecular weight is 556 g/mol. The minimum atomic E-state index is -3.83. The van der Waals surface area contributed by atoms with E-state index in [1.165, 1.54) is 6.07 Å². The third kappa shape index (κ3) is 4.90. The summed E-state index contributed by atoms with van der Waals surface area (Å²) in [6.07, 6.45) is 5.05. The second-order valence-corrected chi connectivity index (χ2v) is 12.7. The van der Waals surface area contributed by atoms with Crippen molar-refractivity contribution in [3.8, 4) is 0 Å². The average Bonchev–Trinajstić information content (AvgIpc) is 3.59. The number of hydrogen-bond acceptors (Lipinski definition) is 7. The summed E-state index contributed by atoms with van der Waals surface area (Å²) in [6, 6.07) is 6.24. The highest BCUT2D eigenvalue weighted by molar-refractivity contribution is 7.92. The van der Waals surface area contributed by atoms with Gasteiger partial charge in [0.05, 0.1) is 28.7 Å². The molecule has 1 N–H and O–H groups in total. The Morgan fingerprint density at radius 1 is 1.00 bits per heavy atom. The summed E-state index contributed by atoms with van der Waals surface area (Å²) in [5, 5.41) is 4.96. The molecule has 1 atom stereocenters. The van der Waals surface area contributed by atoms with Gasteiger partial charge in [0.25, 0.3) is 5.91 Å². The number of piperidine rings is 1. The van der Waals surface area contributed by atoms with E-state index in [2.05, 4.69) is 9.62 Å². The van der Waals surface area contributed by atoms with Crippen LogP contribution in [0.4, 0.5) is 21.7 Å². The molecule has 3 aliphatic heterocycles. The van der Waals surface area contributed by atoms with Crippen molar-refractivity contribution in [2.24, 2.45) is 0 Å². The Morgan fingerprint density at radius 2 is 1.77 bits per heavy atom. The highest BCUT2D eigenvalue weighted by Gasteiger charge is 2.33. The number of benzene rings is 1. The number of rotatable bonds is 1.